The Morgan fingerprint density at radius 2 is 2.36 bits per heavy atom. The lowest BCUT2D eigenvalue weighted by molar-refractivity contribution is -0.0334. The van der Waals surface area contributed by atoms with E-state index < -0.39 is 0 Å². The number of benzene rings is 1. The van der Waals surface area contributed by atoms with Crippen molar-refractivity contribution in [1.82, 2.24) is 14.3 Å². The molecular weight excluding hydrogens is 301 g/mol. The van der Waals surface area contributed by atoms with Gasteiger partial charge >= 0.3 is 0 Å². The van der Waals surface area contributed by atoms with Gasteiger partial charge in [0, 0.05) is 30.7 Å². The third kappa shape index (κ3) is 2.65. The van der Waals surface area contributed by atoms with Gasteiger partial charge in [-0.15, -0.1) is 11.3 Å². The highest BCUT2D eigenvalue weighted by Crippen LogP contribution is 2.25. The minimum Gasteiger partial charge on any atom is -0.371 e. The first-order chi connectivity index (χ1) is 10.8. The monoisotopic (exact) mass is 317 g/mol. The van der Waals surface area contributed by atoms with Crippen LogP contribution in [0.15, 0.2) is 42.2 Å². The molecule has 22 heavy (non-hydrogen) atoms. The molecule has 114 valence electrons. The van der Waals surface area contributed by atoms with Crippen LogP contribution in [-0.2, 0) is 11.3 Å². The van der Waals surface area contributed by atoms with Crippen LogP contribution in [0.25, 0.3) is 4.83 Å². The Kier molecular flexibility index (Phi) is 3.65. The van der Waals surface area contributed by atoms with Gasteiger partial charge in [-0.05, 0) is 17.7 Å². The number of hydrogen-bond donors (Lipinski definition) is 0. The van der Waals surface area contributed by atoms with Crippen LogP contribution in [0, 0.1) is 5.82 Å². The first-order valence-corrected chi connectivity index (χ1v) is 8.15. The molecule has 4 nitrogen and oxygen atoms in total. The Labute approximate surface area is 131 Å². The fourth-order valence-electron chi connectivity index (χ4n) is 2.87. The summed E-state index contributed by atoms with van der Waals surface area (Å²) in [4.78, 5) is 7.68. The molecule has 1 fully saturated rings. The van der Waals surface area contributed by atoms with Crippen LogP contribution in [0.1, 0.15) is 17.4 Å². The summed E-state index contributed by atoms with van der Waals surface area (Å²) < 4.78 is 21.3. The van der Waals surface area contributed by atoms with Crippen molar-refractivity contribution in [2.24, 2.45) is 0 Å². The molecule has 0 amide bonds. The zero-order valence-corrected chi connectivity index (χ0v) is 12.8. The standard InChI is InChI=1S/C16H16FN3OS/c17-13-3-1-2-12(6-13)15-9-19(4-5-21-15)8-14-10-22-16-7-18-11-20(14)16/h1-3,6-7,10-11,15H,4-5,8-9H2. The van der Waals surface area contributed by atoms with Crippen molar-refractivity contribution in [3.05, 3.63) is 59.2 Å². The highest BCUT2D eigenvalue weighted by atomic mass is 32.1. The highest BCUT2D eigenvalue weighted by Gasteiger charge is 2.23. The number of fused-ring (bicyclic) bond motifs is 1. The number of aromatic nitrogens is 2. The molecule has 1 atom stereocenters. The number of rotatable bonds is 3. The van der Waals surface area contributed by atoms with E-state index in [0.29, 0.717) is 6.61 Å². The van der Waals surface area contributed by atoms with E-state index in [9.17, 15) is 4.39 Å². The van der Waals surface area contributed by atoms with E-state index in [-0.39, 0.29) is 11.9 Å². The van der Waals surface area contributed by atoms with Gasteiger partial charge in [0.15, 0.2) is 0 Å². The zero-order valence-electron chi connectivity index (χ0n) is 12.0. The van der Waals surface area contributed by atoms with Crippen molar-refractivity contribution in [1.29, 1.82) is 0 Å². The number of thiazole rings is 1. The molecule has 2 aromatic heterocycles. The van der Waals surface area contributed by atoms with Crippen LogP contribution in [0.5, 0.6) is 0 Å². The number of hydrogen-bond acceptors (Lipinski definition) is 4. The first kappa shape index (κ1) is 13.9. The minimum absolute atomic E-state index is 0.0682. The third-order valence-corrected chi connectivity index (χ3v) is 4.92. The second kappa shape index (κ2) is 5.79. The predicted molar refractivity (Wildman–Crippen MR) is 83.4 cm³/mol. The fraction of sp³-hybridized carbons (Fsp3) is 0.312. The van der Waals surface area contributed by atoms with Crippen LogP contribution in [-0.4, -0.2) is 34.0 Å². The van der Waals surface area contributed by atoms with Crippen molar-refractivity contribution in [3.8, 4) is 0 Å². The molecule has 3 heterocycles. The molecule has 0 N–H and O–H groups in total. The molecule has 3 aromatic rings. The molecule has 4 rings (SSSR count). The number of imidazole rings is 1. The molecule has 0 saturated carbocycles. The van der Waals surface area contributed by atoms with Gasteiger partial charge in [-0.25, -0.2) is 9.37 Å². The summed E-state index contributed by atoms with van der Waals surface area (Å²) in [5.41, 5.74) is 2.14. The van der Waals surface area contributed by atoms with Crippen molar-refractivity contribution < 1.29 is 9.13 Å². The molecular formula is C16H16FN3OS. The van der Waals surface area contributed by atoms with E-state index >= 15 is 0 Å². The van der Waals surface area contributed by atoms with Crippen molar-refractivity contribution in [2.45, 2.75) is 12.6 Å². The second-order valence-corrected chi connectivity index (χ2v) is 6.37. The number of ether oxygens (including phenoxy) is 1. The van der Waals surface area contributed by atoms with E-state index in [1.54, 1.807) is 23.5 Å². The van der Waals surface area contributed by atoms with E-state index in [2.05, 4.69) is 19.7 Å². The summed E-state index contributed by atoms with van der Waals surface area (Å²) in [6.45, 7) is 3.18. The number of halogens is 1. The Balaban J connectivity index is 1.50. The molecule has 1 saturated heterocycles. The normalized spacial score (nSPS) is 19.8. The zero-order chi connectivity index (χ0) is 14.9. The molecule has 0 bridgehead atoms. The van der Waals surface area contributed by atoms with E-state index in [0.717, 1.165) is 30.0 Å². The van der Waals surface area contributed by atoms with Crippen LogP contribution >= 0.6 is 11.3 Å². The average Bonchev–Trinajstić information content (AvgIpc) is 3.13. The summed E-state index contributed by atoms with van der Waals surface area (Å²) in [5.74, 6) is -0.212. The third-order valence-electron chi connectivity index (χ3n) is 3.99. The van der Waals surface area contributed by atoms with Crippen LogP contribution in [0.2, 0.25) is 0 Å². The van der Waals surface area contributed by atoms with Gasteiger partial charge in [0.25, 0.3) is 0 Å². The summed E-state index contributed by atoms with van der Waals surface area (Å²) in [6.07, 6.45) is 3.66. The van der Waals surface area contributed by atoms with Gasteiger partial charge in [0.2, 0.25) is 0 Å². The summed E-state index contributed by atoms with van der Waals surface area (Å²) >= 11 is 1.70. The Bertz CT molecular complexity index is 784. The molecule has 1 aliphatic heterocycles. The number of morpholine rings is 1. The van der Waals surface area contributed by atoms with Gasteiger partial charge in [-0.1, -0.05) is 12.1 Å². The number of nitrogens with zero attached hydrogens (tertiary/aromatic N) is 3. The second-order valence-electron chi connectivity index (χ2n) is 5.48. The van der Waals surface area contributed by atoms with Gasteiger partial charge in [-0.3, -0.25) is 9.30 Å². The molecule has 0 aliphatic carbocycles. The fourth-order valence-corrected chi connectivity index (χ4v) is 3.71. The van der Waals surface area contributed by atoms with Crippen molar-refractivity contribution in [2.75, 3.05) is 19.7 Å². The maximum atomic E-state index is 13.4. The van der Waals surface area contributed by atoms with E-state index in [1.807, 2.05) is 18.6 Å². The summed E-state index contributed by atoms with van der Waals surface area (Å²) in [6, 6.07) is 6.69. The topological polar surface area (TPSA) is 29.8 Å². The van der Waals surface area contributed by atoms with Gasteiger partial charge < -0.3 is 4.74 Å². The smallest absolute Gasteiger partial charge is 0.123 e. The maximum Gasteiger partial charge on any atom is 0.123 e. The highest BCUT2D eigenvalue weighted by molar-refractivity contribution is 7.15. The molecule has 6 heteroatoms. The first-order valence-electron chi connectivity index (χ1n) is 7.27. The van der Waals surface area contributed by atoms with E-state index in [1.165, 1.54) is 11.8 Å². The largest absolute Gasteiger partial charge is 0.371 e. The SMILES string of the molecule is Fc1cccc(C2CN(Cc3csc4cncn34)CCO2)c1. The Morgan fingerprint density at radius 1 is 1.41 bits per heavy atom. The Morgan fingerprint density at radius 3 is 3.27 bits per heavy atom. The van der Waals surface area contributed by atoms with Gasteiger partial charge in [-0.2, -0.15) is 0 Å². The lowest BCUT2D eigenvalue weighted by Crippen LogP contribution is -2.38. The lowest BCUT2D eigenvalue weighted by Gasteiger charge is -2.33. The van der Waals surface area contributed by atoms with Crippen LogP contribution in [0.4, 0.5) is 4.39 Å². The lowest BCUT2D eigenvalue weighted by atomic mass is 10.1. The van der Waals surface area contributed by atoms with Crippen LogP contribution in [0.3, 0.4) is 0 Å². The Hall–Kier alpha value is -1.76. The predicted octanol–water partition coefficient (Wildman–Crippen LogP) is 3.11. The van der Waals surface area contributed by atoms with Gasteiger partial charge in [0.05, 0.1) is 18.9 Å². The molecule has 1 aromatic carbocycles. The summed E-state index contributed by atoms with van der Waals surface area (Å²) in [5, 5.41) is 2.17. The molecule has 1 aliphatic rings. The molecule has 0 radical (unpaired) electrons. The quantitative estimate of drug-likeness (QED) is 0.743. The summed E-state index contributed by atoms with van der Waals surface area (Å²) in [7, 11) is 0. The van der Waals surface area contributed by atoms with E-state index in [4.69, 9.17) is 4.74 Å². The van der Waals surface area contributed by atoms with Crippen molar-refractivity contribution in [3.63, 3.8) is 0 Å². The van der Waals surface area contributed by atoms with Crippen LogP contribution < -0.4 is 0 Å². The maximum absolute atomic E-state index is 13.4. The minimum atomic E-state index is -0.212. The van der Waals surface area contributed by atoms with Gasteiger partial charge in [0.1, 0.15) is 17.0 Å². The average molecular weight is 317 g/mol. The van der Waals surface area contributed by atoms with Crippen molar-refractivity contribution >= 4 is 16.2 Å². The molecule has 0 spiro atoms. The molecule has 1 unspecified atom stereocenters.